The molecule has 2 aliphatic rings. The molecule has 1 aliphatic heterocycles. The van der Waals surface area contributed by atoms with Crippen molar-refractivity contribution in [1.29, 1.82) is 0 Å². The predicted octanol–water partition coefficient (Wildman–Crippen LogP) is 1.40. The maximum Gasteiger partial charge on any atom is 0.438 e. The molecule has 0 aromatic carbocycles. The van der Waals surface area contributed by atoms with Crippen molar-refractivity contribution in [1.82, 2.24) is 24.8 Å². The molecule has 1 N–H and O–H groups in total. The highest BCUT2D eigenvalue weighted by Crippen LogP contribution is 2.47. The SMILES string of the molecule is C[C@@H]1CC2(CCCC2)CN1C(=O)c1ccn(Cc2noc(=O)[nH]2)n1. The maximum absolute atomic E-state index is 12.8. The van der Waals surface area contributed by atoms with E-state index in [1.54, 1.807) is 16.9 Å². The molecule has 1 amide bonds. The second-order valence-corrected chi connectivity index (χ2v) is 7.13. The number of hydrogen-bond donors (Lipinski definition) is 1. The second kappa shape index (κ2) is 5.61. The minimum atomic E-state index is -0.596. The normalized spacial score (nSPS) is 22.5. The van der Waals surface area contributed by atoms with Gasteiger partial charge in [-0.15, -0.1) is 0 Å². The Morgan fingerprint density at radius 3 is 2.96 bits per heavy atom. The summed E-state index contributed by atoms with van der Waals surface area (Å²) in [7, 11) is 0. The molecule has 2 aromatic heterocycles. The lowest BCUT2D eigenvalue weighted by Gasteiger charge is -2.23. The van der Waals surface area contributed by atoms with Crippen LogP contribution in [0, 0.1) is 5.41 Å². The summed E-state index contributed by atoms with van der Waals surface area (Å²) in [6.07, 6.45) is 7.83. The van der Waals surface area contributed by atoms with Crippen LogP contribution >= 0.6 is 0 Å². The average Bonchev–Trinajstić information content (AvgIpc) is 3.30. The number of carbonyl (C=O) groups excluding carboxylic acids is 1. The number of rotatable bonds is 3. The molecule has 24 heavy (non-hydrogen) atoms. The van der Waals surface area contributed by atoms with Gasteiger partial charge in [0.15, 0.2) is 5.82 Å². The number of H-pyrrole nitrogens is 1. The topological polar surface area (TPSA) is 97.0 Å². The van der Waals surface area contributed by atoms with Crippen LogP contribution in [0.4, 0.5) is 0 Å². The Morgan fingerprint density at radius 1 is 1.46 bits per heavy atom. The largest absolute Gasteiger partial charge is 0.438 e. The van der Waals surface area contributed by atoms with Crippen LogP contribution in [0.25, 0.3) is 0 Å². The molecule has 1 saturated carbocycles. The van der Waals surface area contributed by atoms with Crippen molar-refractivity contribution in [2.75, 3.05) is 6.54 Å². The minimum absolute atomic E-state index is 0.0151. The molecule has 1 aliphatic carbocycles. The zero-order chi connectivity index (χ0) is 16.7. The van der Waals surface area contributed by atoms with Crippen molar-refractivity contribution in [3.05, 3.63) is 34.3 Å². The molecule has 0 bridgehead atoms. The zero-order valence-electron chi connectivity index (χ0n) is 13.7. The van der Waals surface area contributed by atoms with Crippen molar-refractivity contribution in [2.24, 2.45) is 5.41 Å². The third-order valence-electron chi connectivity index (χ3n) is 5.35. The minimum Gasteiger partial charge on any atom is -0.334 e. The van der Waals surface area contributed by atoms with Crippen LogP contribution in [0.2, 0.25) is 0 Å². The van der Waals surface area contributed by atoms with Gasteiger partial charge in [0.05, 0.1) is 0 Å². The zero-order valence-corrected chi connectivity index (χ0v) is 13.7. The molecule has 1 spiro atoms. The molecular formula is C16H21N5O3. The molecule has 0 unspecified atom stereocenters. The van der Waals surface area contributed by atoms with Gasteiger partial charge in [0.25, 0.3) is 5.91 Å². The van der Waals surface area contributed by atoms with Crippen LogP contribution in [-0.4, -0.2) is 43.3 Å². The van der Waals surface area contributed by atoms with Gasteiger partial charge in [0, 0.05) is 18.8 Å². The smallest absolute Gasteiger partial charge is 0.334 e. The highest BCUT2D eigenvalue weighted by atomic mass is 16.5. The lowest BCUT2D eigenvalue weighted by atomic mass is 9.84. The average molecular weight is 331 g/mol. The summed E-state index contributed by atoms with van der Waals surface area (Å²) in [6, 6.07) is 1.97. The molecule has 2 aromatic rings. The van der Waals surface area contributed by atoms with Crippen LogP contribution in [0.15, 0.2) is 21.6 Å². The van der Waals surface area contributed by atoms with Gasteiger partial charge in [-0.3, -0.25) is 19.0 Å². The molecule has 8 heteroatoms. The number of hydrogen-bond acceptors (Lipinski definition) is 5. The van der Waals surface area contributed by atoms with Crippen LogP contribution in [0.1, 0.15) is 55.3 Å². The van der Waals surface area contributed by atoms with Crippen molar-refractivity contribution in [2.45, 2.75) is 51.6 Å². The molecule has 128 valence electrons. The van der Waals surface area contributed by atoms with E-state index in [9.17, 15) is 9.59 Å². The summed E-state index contributed by atoms with van der Waals surface area (Å²) in [5.74, 6) is -0.235. The van der Waals surface area contributed by atoms with E-state index in [2.05, 4.69) is 26.7 Å². The predicted molar refractivity (Wildman–Crippen MR) is 84.5 cm³/mol. The van der Waals surface area contributed by atoms with E-state index in [1.807, 2.05) is 4.90 Å². The Morgan fingerprint density at radius 2 is 2.25 bits per heavy atom. The Balaban J connectivity index is 1.48. The summed E-state index contributed by atoms with van der Waals surface area (Å²) in [6.45, 7) is 3.23. The van der Waals surface area contributed by atoms with Crippen molar-refractivity contribution >= 4 is 5.91 Å². The molecular weight excluding hydrogens is 310 g/mol. The molecule has 3 heterocycles. The summed E-state index contributed by atoms with van der Waals surface area (Å²) in [4.78, 5) is 28.2. The first-order chi connectivity index (χ1) is 11.5. The summed E-state index contributed by atoms with van der Waals surface area (Å²) in [5, 5.41) is 7.93. The number of likely N-dealkylation sites (tertiary alicyclic amines) is 1. The number of amides is 1. The highest BCUT2D eigenvalue weighted by Gasteiger charge is 2.45. The quantitative estimate of drug-likeness (QED) is 0.917. The number of aromatic amines is 1. The van der Waals surface area contributed by atoms with Gasteiger partial charge in [-0.05, 0) is 37.7 Å². The van der Waals surface area contributed by atoms with E-state index >= 15 is 0 Å². The summed E-state index contributed by atoms with van der Waals surface area (Å²) in [5.41, 5.74) is 0.764. The van der Waals surface area contributed by atoms with Gasteiger partial charge >= 0.3 is 5.76 Å². The van der Waals surface area contributed by atoms with E-state index in [0.29, 0.717) is 16.9 Å². The molecule has 4 rings (SSSR count). The van der Waals surface area contributed by atoms with Crippen molar-refractivity contribution < 1.29 is 9.32 Å². The monoisotopic (exact) mass is 331 g/mol. The fourth-order valence-corrected chi connectivity index (χ4v) is 4.27. The van der Waals surface area contributed by atoms with E-state index in [0.717, 1.165) is 13.0 Å². The van der Waals surface area contributed by atoms with E-state index in [4.69, 9.17) is 0 Å². The van der Waals surface area contributed by atoms with Crippen LogP contribution in [0.3, 0.4) is 0 Å². The molecule has 1 saturated heterocycles. The fourth-order valence-electron chi connectivity index (χ4n) is 4.27. The third-order valence-corrected chi connectivity index (χ3v) is 5.35. The summed E-state index contributed by atoms with van der Waals surface area (Å²) >= 11 is 0. The van der Waals surface area contributed by atoms with Gasteiger partial charge in [0.1, 0.15) is 12.2 Å². The van der Waals surface area contributed by atoms with Gasteiger partial charge in [-0.1, -0.05) is 18.0 Å². The van der Waals surface area contributed by atoms with Gasteiger partial charge in [0.2, 0.25) is 0 Å². The Hall–Kier alpha value is -2.38. The standard InChI is InChI=1S/C16H21N5O3/c1-11-8-16(5-2-3-6-16)10-21(11)14(22)12-4-7-20(18-12)9-13-17-15(23)24-19-13/h4,7,11H,2-3,5-6,8-10H2,1H3,(H,17,19,23)/t11-/m1/s1. The fraction of sp³-hybridized carbons (Fsp3) is 0.625. The first kappa shape index (κ1) is 15.2. The number of aromatic nitrogens is 4. The number of carbonyl (C=O) groups is 1. The second-order valence-electron chi connectivity index (χ2n) is 7.13. The molecule has 0 radical (unpaired) electrons. The lowest BCUT2D eigenvalue weighted by molar-refractivity contribution is 0.0725. The highest BCUT2D eigenvalue weighted by molar-refractivity contribution is 5.92. The Bertz CT molecular complexity index is 798. The van der Waals surface area contributed by atoms with E-state index in [1.165, 1.54) is 25.7 Å². The first-order valence-electron chi connectivity index (χ1n) is 8.44. The molecule has 1 atom stereocenters. The van der Waals surface area contributed by atoms with Crippen molar-refractivity contribution in [3.63, 3.8) is 0 Å². The molecule has 8 nitrogen and oxygen atoms in total. The lowest BCUT2D eigenvalue weighted by Crippen LogP contribution is -2.35. The van der Waals surface area contributed by atoms with Crippen molar-refractivity contribution in [3.8, 4) is 0 Å². The Kier molecular flexibility index (Phi) is 3.54. The third kappa shape index (κ3) is 2.65. The van der Waals surface area contributed by atoms with E-state index in [-0.39, 0.29) is 18.5 Å². The van der Waals surface area contributed by atoms with Crippen LogP contribution < -0.4 is 5.76 Å². The van der Waals surface area contributed by atoms with Crippen LogP contribution in [0.5, 0.6) is 0 Å². The Labute approximate surface area is 138 Å². The van der Waals surface area contributed by atoms with Gasteiger partial charge in [-0.2, -0.15) is 5.10 Å². The number of nitrogens with one attached hydrogen (secondary N) is 1. The molecule has 2 fully saturated rings. The van der Waals surface area contributed by atoms with Crippen LogP contribution in [-0.2, 0) is 6.54 Å². The van der Waals surface area contributed by atoms with Gasteiger partial charge in [-0.25, -0.2) is 4.79 Å². The summed E-state index contributed by atoms with van der Waals surface area (Å²) < 4.78 is 6.04. The van der Waals surface area contributed by atoms with E-state index < -0.39 is 5.76 Å². The van der Waals surface area contributed by atoms with Gasteiger partial charge < -0.3 is 4.90 Å². The number of nitrogens with zero attached hydrogens (tertiary/aromatic N) is 4. The first-order valence-corrected chi connectivity index (χ1v) is 8.44. The maximum atomic E-state index is 12.8.